The number of phenolic OH excluding ortho intramolecular Hbond substituents is 1. The van der Waals surface area contributed by atoms with Crippen LogP contribution in [0.2, 0.25) is 0 Å². The number of aryl methyl sites for hydroxylation is 1. The van der Waals surface area contributed by atoms with Crippen LogP contribution in [-0.4, -0.2) is 10.9 Å². The molecule has 0 spiro atoms. The third-order valence-corrected chi connectivity index (χ3v) is 3.39. The van der Waals surface area contributed by atoms with E-state index in [1.807, 2.05) is 13.0 Å². The second-order valence-corrected chi connectivity index (χ2v) is 6.77. The Morgan fingerprint density at radius 2 is 1.89 bits per heavy atom. The normalized spacial score (nSPS) is 13.4. The van der Waals surface area contributed by atoms with Gasteiger partial charge in [0.2, 0.25) is 0 Å². The van der Waals surface area contributed by atoms with Gasteiger partial charge in [-0.25, -0.2) is 0 Å². The number of carbonyl (C=O) groups is 1. The van der Waals surface area contributed by atoms with E-state index in [0.29, 0.717) is 18.1 Å². The van der Waals surface area contributed by atoms with Gasteiger partial charge in [-0.05, 0) is 48.3 Å². The Balaban J connectivity index is 3.04. The summed E-state index contributed by atoms with van der Waals surface area (Å²) in [5, 5.41) is 10.2. The lowest BCUT2D eigenvalue weighted by molar-refractivity contribution is -0.117. The molecule has 19 heavy (non-hydrogen) atoms. The van der Waals surface area contributed by atoms with Crippen LogP contribution in [-0.2, 0) is 16.6 Å². The summed E-state index contributed by atoms with van der Waals surface area (Å²) in [5.74, 6) is 0.976. The van der Waals surface area contributed by atoms with Crippen LogP contribution < -0.4 is 0 Å². The molecule has 0 bridgehead atoms. The van der Waals surface area contributed by atoms with Gasteiger partial charge in [0.15, 0.2) is 0 Å². The van der Waals surface area contributed by atoms with Gasteiger partial charge < -0.3 is 9.90 Å². The van der Waals surface area contributed by atoms with Crippen LogP contribution in [0.4, 0.5) is 0 Å². The zero-order chi connectivity index (χ0) is 14.8. The molecule has 0 amide bonds. The number of benzene rings is 1. The molecule has 0 saturated carbocycles. The van der Waals surface area contributed by atoms with Gasteiger partial charge in [-0.15, -0.1) is 0 Å². The summed E-state index contributed by atoms with van der Waals surface area (Å²) in [7, 11) is 0. The Labute approximate surface area is 116 Å². The fraction of sp³-hybridized carbons (Fsp3) is 0.588. The van der Waals surface area contributed by atoms with E-state index in [-0.39, 0.29) is 11.2 Å². The predicted molar refractivity (Wildman–Crippen MR) is 79.7 cm³/mol. The molecule has 0 aliphatic heterocycles. The van der Waals surface area contributed by atoms with Crippen LogP contribution in [0, 0.1) is 12.8 Å². The van der Waals surface area contributed by atoms with Gasteiger partial charge in [0.05, 0.1) is 0 Å². The van der Waals surface area contributed by atoms with Gasteiger partial charge in [0.25, 0.3) is 0 Å². The van der Waals surface area contributed by atoms with Crippen LogP contribution in [0.25, 0.3) is 0 Å². The maximum atomic E-state index is 11.2. The van der Waals surface area contributed by atoms with E-state index in [2.05, 4.69) is 33.8 Å². The summed E-state index contributed by atoms with van der Waals surface area (Å²) >= 11 is 0. The van der Waals surface area contributed by atoms with Crippen LogP contribution in [0.15, 0.2) is 12.1 Å². The van der Waals surface area contributed by atoms with Crippen LogP contribution >= 0.6 is 0 Å². The number of ketones is 1. The Kier molecular flexibility index (Phi) is 4.78. The average molecular weight is 262 g/mol. The summed E-state index contributed by atoms with van der Waals surface area (Å²) in [4.78, 5) is 11.2. The average Bonchev–Trinajstić information content (AvgIpc) is 2.20. The Hall–Kier alpha value is -1.31. The van der Waals surface area contributed by atoms with Crippen molar-refractivity contribution in [2.45, 2.75) is 59.8 Å². The molecule has 1 N–H and O–H groups in total. The van der Waals surface area contributed by atoms with Crippen molar-refractivity contribution in [3.8, 4) is 5.75 Å². The van der Waals surface area contributed by atoms with Crippen molar-refractivity contribution in [1.29, 1.82) is 0 Å². The van der Waals surface area contributed by atoms with Crippen molar-refractivity contribution in [3.05, 3.63) is 28.8 Å². The van der Waals surface area contributed by atoms with Crippen LogP contribution in [0.3, 0.4) is 0 Å². The quantitative estimate of drug-likeness (QED) is 0.884. The number of hydrogen-bond donors (Lipinski definition) is 1. The van der Waals surface area contributed by atoms with E-state index < -0.39 is 0 Å². The highest BCUT2D eigenvalue weighted by molar-refractivity contribution is 5.75. The van der Waals surface area contributed by atoms with Crippen LogP contribution in [0.1, 0.15) is 57.7 Å². The lowest BCUT2D eigenvalue weighted by atomic mass is 9.83. The fourth-order valence-corrected chi connectivity index (χ4v) is 2.51. The summed E-state index contributed by atoms with van der Waals surface area (Å²) < 4.78 is 0. The molecule has 2 nitrogen and oxygen atoms in total. The molecule has 0 aromatic heterocycles. The number of hydrogen-bond acceptors (Lipinski definition) is 2. The largest absolute Gasteiger partial charge is 0.507 e. The number of Topliss-reactive ketones (excluding diaryl/α,β-unsaturated/α-hetero) is 1. The molecule has 1 atom stereocenters. The highest BCUT2D eigenvalue weighted by atomic mass is 16.3. The SMILES string of the molecule is CC(=O)CC(C)Cc1cc(C)c(O)c(C(C)(C)C)c1. The molecule has 0 radical (unpaired) electrons. The van der Waals surface area contributed by atoms with E-state index in [1.54, 1.807) is 6.92 Å². The summed E-state index contributed by atoms with van der Waals surface area (Å²) in [5.41, 5.74) is 3.03. The monoisotopic (exact) mass is 262 g/mol. The number of phenols is 1. The lowest BCUT2D eigenvalue weighted by Crippen LogP contribution is -2.13. The van der Waals surface area contributed by atoms with Gasteiger partial charge in [-0.3, -0.25) is 0 Å². The maximum absolute atomic E-state index is 11.2. The molecule has 1 aromatic rings. The molecule has 0 aliphatic rings. The summed E-state index contributed by atoms with van der Waals surface area (Å²) in [6.07, 6.45) is 1.49. The molecule has 106 valence electrons. The Morgan fingerprint density at radius 3 is 2.37 bits per heavy atom. The van der Waals surface area contributed by atoms with Gasteiger partial charge in [-0.2, -0.15) is 0 Å². The number of carbonyl (C=O) groups excluding carboxylic acids is 1. The molecule has 1 aromatic carbocycles. The van der Waals surface area contributed by atoms with Crippen molar-refractivity contribution in [2.24, 2.45) is 5.92 Å². The molecule has 0 saturated heterocycles. The van der Waals surface area contributed by atoms with E-state index in [9.17, 15) is 9.90 Å². The second-order valence-electron chi connectivity index (χ2n) is 6.77. The predicted octanol–water partition coefficient (Wildman–Crippen LogP) is 4.16. The van der Waals surface area contributed by atoms with Crippen molar-refractivity contribution in [1.82, 2.24) is 0 Å². The molecule has 0 heterocycles. The first-order chi connectivity index (χ1) is 8.61. The third kappa shape index (κ3) is 4.38. The second kappa shape index (κ2) is 5.77. The molecule has 1 rings (SSSR count). The highest BCUT2D eigenvalue weighted by Gasteiger charge is 2.20. The van der Waals surface area contributed by atoms with Crippen LogP contribution in [0.5, 0.6) is 5.75 Å². The van der Waals surface area contributed by atoms with Crippen molar-refractivity contribution in [2.75, 3.05) is 0 Å². The Bertz CT molecular complexity index is 467. The first-order valence-electron chi connectivity index (χ1n) is 6.93. The zero-order valence-electron chi connectivity index (χ0n) is 13.0. The molecule has 2 heteroatoms. The standard InChI is InChI=1S/C17H26O2/c1-11(7-13(3)18)8-14-9-12(2)16(19)15(10-14)17(4,5)6/h9-11,19H,7-8H2,1-6H3. The maximum Gasteiger partial charge on any atom is 0.130 e. The molecule has 0 fully saturated rings. The highest BCUT2D eigenvalue weighted by Crippen LogP contribution is 2.34. The minimum absolute atomic E-state index is 0.0747. The number of rotatable bonds is 4. The van der Waals surface area contributed by atoms with Gasteiger partial charge >= 0.3 is 0 Å². The van der Waals surface area contributed by atoms with E-state index >= 15 is 0 Å². The fourth-order valence-electron chi connectivity index (χ4n) is 2.51. The van der Waals surface area contributed by atoms with E-state index in [0.717, 1.165) is 17.5 Å². The first kappa shape index (κ1) is 15.7. The third-order valence-electron chi connectivity index (χ3n) is 3.39. The van der Waals surface area contributed by atoms with Crippen molar-refractivity contribution < 1.29 is 9.90 Å². The smallest absolute Gasteiger partial charge is 0.130 e. The minimum Gasteiger partial charge on any atom is -0.507 e. The van der Waals surface area contributed by atoms with Gasteiger partial charge in [0, 0.05) is 6.42 Å². The minimum atomic E-state index is -0.0747. The summed E-state index contributed by atoms with van der Waals surface area (Å²) in [6, 6.07) is 4.11. The summed E-state index contributed by atoms with van der Waals surface area (Å²) in [6.45, 7) is 12.0. The van der Waals surface area contributed by atoms with Gasteiger partial charge in [0.1, 0.15) is 11.5 Å². The van der Waals surface area contributed by atoms with Crippen molar-refractivity contribution in [3.63, 3.8) is 0 Å². The number of aromatic hydroxyl groups is 1. The molecular weight excluding hydrogens is 236 g/mol. The molecule has 0 aliphatic carbocycles. The Morgan fingerprint density at radius 1 is 1.32 bits per heavy atom. The van der Waals surface area contributed by atoms with Crippen molar-refractivity contribution >= 4 is 5.78 Å². The lowest BCUT2D eigenvalue weighted by Gasteiger charge is -2.23. The molecular formula is C17H26O2. The van der Waals surface area contributed by atoms with E-state index in [4.69, 9.17) is 0 Å². The van der Waals surface area contributed by atoms with Gasteiger partial charge in [-0.1, -0.05) is 39.8 Å². The zero-order valence-corrected chi connectivity index (χ0v) is 13.0. The first-order valence-corrected chi connectivity index (χ1v) is 6.93. The topological polar surface area (TPSA) is 37.3 Å². The van der Waals surface area contributed by atoms with E-state index in [1.165, 1.54) is 5.56 Å². The molecule has 1 unspecified atom stereocenters.